The SMILES string of the molecule is c1ccc(C2=C3CCCC[C@]34CCCCC[C@H]2C4)cc1. The Morgan fingerprint density at radius 3 is 2.50 bits per heavy atom. The molecule has 3 aliphatic carbocycles. The molecule has 0 nitrogen and oxygen atoms in total. The molecule has 0 aromatic heterocycles. The smallest absolute Gasteiger partial charge is 0.00761 e. The first-order valence-corrected chi connectivity index (χ1v) is 8.68. The Hall–Kier alpha value is -1.04. The highest BCUT2D eigenvalue weighted by molar-refractivity contribution is 5.74. The van der Waals surface area contributed by atoms with Crippen molar-refractivity contribution in [1.29, 1.82) is 0 Å². The van der Waals surface area contributed by atoms with Crippen LogP contribution in [-0.4, -0.2) is 0 Å². The van der Waals surface area contributed by atoms with E-state index in [2.05, 4.69) is 30.3 Å². The molecule has 0 N–H and O–H groups in total. The van der Waals surface area contributed by atoms with E-state index in [1.807, 2.05) is 5.57 Å². The standard InChI is InChI=1S/C20H26/c1-3-9-16(10-4-1)19-17-11-5-2-7-13-20(15-17)14-8-6-12-18(19)20/h1,3-4,9-10,17H,2,5-8,11-15H2/t17-,20-/m0/s1. The third-order valence-corrected chi connectivity index (χ3v) is 6.14. The van der Waals surface area contributed by atoms with Gasteiger partial charge in [-0.25, -0.2) is 0 Å². The molecule has 3 aliphatic rings. The van der Waals surface area contributed by atoms with Gasteiger partial charge in [-0.15, -0.1) is 0 Å². The van der Waals surface area contributed by atoms with Crippen molar-refractivity contribution in [2.75, 3.05) is 0 Å². The van der Waals surface area contributed by atoms with Crippen LogP contribution in [0.2, 0.25) is 0 Å². The third-order valence-electron chi connectivity index (χ3n) is 6.14. The summed E-state index contributed by atoms with van der Waals surface area (Å²) < 4.78 is 0. The molecule has 0 aliphatic heterocycles. The van der Waals surface area contributed by atoms with E-state index in [0.717, 1.165) is 5.92 Å². The second-order valence-corrected chi connectivity index (χ2v) is 7.25. The summed E-state index contributed by atoms with van der Waals surface area (Å²) >= 11 is 0. The summed E-state index contributed by atoms with van der Waals surface area (Å²) in [5, 5.41) is 0. The summed E-state index contributed by atoms with van der Waals surface area (Å²) in [7, 11) is 0. The van der Waals surface area contributed by atoms with Crippen LogP contribution in [0.3, 0.4) is 0 Å². The average Bonchev–Trinajstić information content (AvgIpc) is 2.83. The second-order valence-electron chi connectivity index (χ2n) is 7.25. The van der Waals surface area contributed by atoms with E-state index in [0.29, 0.717) is 5.41 Å². The van der Waals surface area contributed by atoms with Gasteiger partial charge >= 0.3 is 0 Å². The van der Waals surface area contributed by atoms with Gasteiger partial charge in [0.05, 0.1) is 0 Å². The van der Waals surface area contributed by atoms with Crippen molar-refractivity contribution in [3.05, 3.63) is 41.5 Å². The topological polar surface area (TPSA) is 0 Å². The van der Waals surface area contributed by atoms with Gasteiger partial charge in [0.15, 0.2) is 0 Å². The highest BCUT2D eigenvalue weighted by Gasteiger charge is 2.46. The van der Waals surface area contributed by atoms with E-state index in [1.54, 1.807) is 5.57 Å². The molecule has 2 fully saturated rings. The van der Waals surface area contributed by atoms with E-state index in [-0.39, 0.29) is 0 Å². The monoisotopic (exact) mass is 266 g/mol. The molecule has 0 radical (unpaired) electrons. The molecule has 0 heteroatoms. The van der Waals surface area contributed by atoms with E-state index in [9.17, 15) is 0 Å². The van der Waals surface area contributed by atoms with Gasteiger partial charge in [-0.1, -0.05) is 61.6 Å². The Morgan fingerprint density at radius 2 is 1.65 bits per heavy atom. The maximum Gasteiger partial charge on any atom is -0.00761 e. The van der Waals surface area contributed by atoms with Crippen molar-refractivity contribution >= 4 is 5.57 Å². The molecular formula is C20H26. The van der Waals surface area contributed by atoms with Gasteiger partial charge in [-0.05, 0) is 61.0 Å². The Kier molecular flexibility index (Phi) is 3.21. The van der Waals surface area contributed by atoms with Gasteiger partial charge in [0.25, 0.3) is 0 Å². The molecule has 2 bridgehead atoms. The van der Waals surface area contributed by atoms with Crippen molar-refractivity contribution in [2.24, 2.45) is 11.3 Å². The fraction of sp³-hybridized carbons (Fsp3) is 0.600. The van der Waals surface area contributed by atoms with Gasteiger partial charge in [-0.2, -0.15) is 0 Å². The van der Waals surface area contributed by atoms with Crippen LogP contribution in [0.1, 0.15) is 69.8 Å². The minimum Gasteiger partial charge on any atom is -0.0622 e. The molecule has 20 heavy (non-hydrogen) atoms. The maximum atomic E-state index is 2.36. The second kappa shape index (κ2) is 5.06. The molecule has 1 aromatic rings. The molecule has 1 aromatic carbocycles. The van der Waals surface area contributed by atoms with Crippen LogP contribution >= 0.6 is 0 Å². The third kappa shape index (κ3) is 1.96. The fourth-order valence-electron chi connectivity index (χ4n) is 5.33. The summed E-state index contributed by atoms with van der Waals surface area (Å²) in [4.78, 5) is 0. The molecule has 1 spiro atoms. The van der Waals surface area contributed by atoms with Crippen molar-refractivity contribution in [3.8, 4) is 0 Å². The maximum absolute atomic E-state index is 2.36. The molecular weight excluding hydrogens is 240 g/mol. The summed E-state index contributed by atoms with van der Waals surface area (Å²) in [6.45, 7) is 0. The molecule has 0 saturated heterocycles. The quantitative estimate of drug-likeness (QED) is 0.586. The van der Waals surface area contributed by atoms with E-state index >= 15 is 0 Å². The number of hydrogen-bond donors (Lipinski definition) is 0. The normalized spacial score (nSPS) is 33.5. The largest absolute Gasteiger partial charge is 0.0622 e. The van der Waals surface area contributed by atoms with E-state index < -0.39 is 0 Å². The van der Waals surface area contributed by atoms with Crippen molar-refractivity contribution in [1.82, 2.24) is 0 Å². The highest BCUT2D eigenvalue weighted by Crippen LogP contribution is 2.60. The van der Waals surface area contributed by atoms with Crippen LogP contribution in [0.25, 0.3) is 5.57 Å². The predicted octanol–water partition coefficient (Wildman–Crippen LogP) is 5.98. The van der Waals surface area contributed by atoms with Crippen LogP contribution in [0.15, 0.2) is 35.9 Å². The number of benzene rings is 1. The average molecular weight is 266 g/mol. The van der Waals surface area contributed by atoms with Gasteiger partial charge in [0.1, 0.15) is 0 Å². The van der Waals surface area contributed by atoms with E-state index in [1.165, 1.54) is 69.8 Å². The molecule has 2 atom stereocenters. The zero-order chi connectivity index (χ0) is 13.4. The summed E-state index contributed by atoms with van der Waals surface area (Å²) in [6.07, 6.45) is 14.6. The van der Waals surface area contributed by atoms with Crippen LogP contribution in [-0.2, 0) is 0 Å². The zero-order valence-electron chi connectivity index (χ0n) is 12.5. The van der Waals surface area contributed by atoms with Crippen molar-refractivity contribution in [3.63, 3.8) is 0 Å². The first-order valence-electron chi connectivity index (χ1n) is 8.68. The molecule has 0 heterocycles. The molecule has 0 unspecified atom stereocenters. The van der Waals surface area contributed by atoms with Gasteiger partial charge in [0.2, 0.25) is 0 Å². The first kappa shape index (κ1) is 12.7. The lowest BCUT2D eigenvalue weighted by molar-refractivity contribution is 0.211. The molecule has 106 valence electrons. The Bertz CT molecular complexity index is 510. The lowest BCUT2D eigenvalue weighted by atomic mass is 9.67. The van der Waals surface area contributed by atoms with Gasteiger partial charge in [-0.3, -0.25) is 0 Å². The Labute approximate surface area is 123 Å². The summed E-state index contributed by atoms with van der Waals surface area (Å²) in [5.74, 6) is 0.866. The summed E-state index contributed by atoms with van der Waals surface area (Å²) in [5.41, 5.74) is 5.83. The van der Waals surface area contributed by atoms with E-state index in [4.69, 9.17) is 0 Å². The lowest BCUT2D eigenvalue weighted by Crippen LogP contribution is -2.25. The number of rotatable bonds is 1. The van der Waals surface area contributed by atoms with Crippen LogP contribution < -0.4 is 0 Å². The number of fused-ring (bicyclic) bond motifs is 1. The van der Waals surface area contributed by atoms with Crippen LogP contribution in [0, 0.1) is 11.3 Å². The predicted molar refractivity (Wildman–Crippen MR) is 85.5 cm³/mol. The van der Waals surface area contributed by atoms with Gasteiger partial charge < -0.3 is 0 Å². The van der Waals surface area contributed by atoms with Crippen molar-refractivity contribution in [2.45, 2.75) is 64.2 Å². The van der Waals surface area contributed by atoms with Crippen LogP contribution in [0.4, 0.5) is 0 Å². The molecule has 4 rings (SSSR count). The minimum atomic E-state index is 0.620. The highest BCUT2D eigenvalue weighted by atomic mass is 14.5. The first-order chi connectivity index (χ1) is 9.89. The molecule has 0 amide bonds. The zero-order valence-corrected chi connectivity index (χ0v) is 12.5. The summed E-state index contributed by atoms with van der Waals surface area (Å²) in [6, 6.07) is 11.3. The van der Waals surface area contributed by atoms with Crippen LogP contribution in [0.5, 0.6) is 0 Å². The molecule has 2 saturated carbocycles. The Balaban J connectivity index is 1.84. The minimum absolute atomic E-state index is 0.620. The number of hydrogen-bond acceptors (Lipinski definition) is 0. The van der Waals surface area contributed by atoms with Crippen molar-refractivity contribution < 1.29 is 0 Å². The lowest BCUT2D eigenvalue weighted by Gasteiger charge is -2.38. The Morgan fingerprint density at radius 1 is 0.850 bits per heavy atom. The number of allylic oxidation sites excluding steroid dienone is 2. The van der Waals surface area contributed by atoms with Gasteiger partial charge in [0, 0.05) is 0 Å². The fourth-order valence-corrected chi connectivity index (χ4v) is 5.33.